The smallest absolute Gasteiger partial charge is 0.326 e. The number of carbonyl (C=O) groups excluding carboxylic acids is 3. The second kappa shape index (κ2) is 13.8. The molecule has 48 heavy (non-hydrogen) atoms. The lowest BCUT2D eigenvalue weighted by Gasteiger charge is -2.42. The number of para-hydroxylation sites is 1. The minimum atomic E-state index is -0.796. The van der Waals surface area contributed by atoms with Crippen LogP contribution in [0.2, 0.25) is 5.02 Å². The van der Waals surface area contributed by atoms with Crippen molar-refractivity contribution in [3.8, 4) is 0 Å². The van der Waals surface area contributed by atoms with Gasteiger partial charge in [-0.1, -0.05) is 36.2 Å². The zero-order valence-corrected chi connectivity index (χ0v) is 28.3. The van der Waals surface area contributed by atoms with E-state index < -0.39 is 6.04 Å². The van der Waals surface area contributed by atoms with E-state index in [4.69, 9.17) is 11.6 Å². The van der Waals surface area contributed by atoms with Crippen molar-refractivity contribution in [3.05, 3.63) is 63.0 Å². The van der Waals surface area contributed by atoms with Crippen molar-refractivity contribution >= 4 is 46.3 Å². The summed E-state index contributed by atoms with van der Waals surface area (Å²) in [7, 11) is 1.67. The molecule has 13 heteroatoms. The molecule has 5 heterocycles. The minimum Gasteiger partial charge on any atom is -0.341 e. The summed E-state index contributed by atoms with van der Waals surface area (Å²) >= 11 is 6.58. The molecular weight excluding hydrogens is 632 g/mol. The van der Waals surface area contributed by atoms with Gasteiger partial charge < -0.3 is 35.2 Å². The number of likely N-dealkylation sites (tertiary alicyclic amines) is 3. The molecule has 5 amide bonds. The second-order valence-electron chi connectivity index (χ2n) is 13.8. The molecule has 3 N–H and O–H groups in total. The van der Waals surface area contributed by atoms with Crippen molar-refractivity contribution in [2.24, 2.45) is 7.05 Å². The number of carbonyl (C=O) groups is 3. The first-order valence-corrected chi connectivity index (χ1v) is 17.7. The molecule has 7 rings (SSSR count). The standard InChI is InChI=1S/C35H45ClN8O4/c1-40-30-21-23(19-27(36)31(30)39-33(40)46)20-29(32(45)42-15-9-25(10-16-42)41-13-5-2-6-14-41)38-34(47)43-17-11-26(12-18-43)44-22-24-7-3-4-8-28(24)37-35(44)48/h3-4,7-8,19,21,25-26,29H,2,5-6,9-18,20,22H2,1H3,(H,37,48)(H,38,47)(H,39,46). The van der Waals surface area contributed by atoms with Crippen LogP contribution in [-0.2, 0) is 24.8 Å². The number of anilines is 1. The van der Waals surface area contributed by atoms with Crippen LogP contribution in [0, 0.1) is 0 Å². The predicted octanol–water partition coefficient (Wildman–Crippen LogP) is 4.13. The third-order valence-electron chi connectivity index (χ3n) is 10.8. The summed E-state index contributed by atoms with van der Waals surface area (Å²) in [5, 5.41) is 6.47. The van der Waals surface area contributed by atoms with E-state index in [1.165, 1.54) is 23.8 Å². The van der Waals surface area contributed by atoms with Crippen LogP contribution in [0.1, 0.15) is 56.1 Å². The van der Waals surface area contributed by atoms with E-state index in [1.807, 2.05) is 40.1 Å². The van der Waals surface area contributed by atoms with Gasteiger partial charge in [-0.25, -0.2) is 14.4 Å². The number of benzene rings is 2. The molecular formula is C35H45ClN8O4. The second-order valence-corrected chi connectivity index (χ2v) is 14.2. The maximum Gasteiger partial charge on any atom is 0.326 e. The Bertz CT molecular complexity index is 1730. The number of imidazole rings is 1. The van der Waals surface area contributed by atoms with Crippen molar-refractivity contribution in [2.75, 3.05) is 44.6 Å². The van der Waals surface area contributed by atoms with Gasteiger partial charge >= 0.3 is 17.8 Å². The number of amides is 5. The van der Waals surface area contributed by atoms with E-state index in [0.717, 1.165) is 42.7 Å². The third-order valence-corrected chi connectivity index (χ3v) is 11.1. The Morgan fingerprint density at radius 3 is 2.35 bits per heavy atom. The van der Waals surface area contributed by atoms with Gasteiger partial charge in [-0.3, -0.25) is 9.36 Å². The molecule has 3 fully saturated rings. The molecule has 12 nitrogen and oxygen atoms in total. The first-order chi connectivity index (χ1) is 23.2. The Kier molecular flexibility index (Phi) is 9.37. The fourth-order valence-corrected chi connectivity index (χ4v) is 8.27. The summed E-state index contributed by atoms with van der Waals surface area (Å²) in [5.41, 5.74) is 3.62. The number of hydrogen-bond acceptors (Lipinski definition) is 5. The average molecular weight is 677 g/mol. The molecule has 3 saturated heterocycles. The number of halogens is 1. The molecule has 256 valence electrons. The van der Waals surface area contributed by atoms with Crippen LogP contribution < -0.4 is 16.3 Å². The summed E-state index contributed by atoms with van der Waals surface area (Å²) in [6, 6.07) is 10.8. The van der Waals surface area contributed by atoms with Gasteiger partial charge in [0.05, 0.1) is 16.1 Å². The van der Waals surface area contributed by atoms with Crippen molar-refractivity contribution < 1.29 is 14.4 Å². The first kappa shape index (κ1) is 32.5. The minimum absolute atomic E-state index is 0.0166. The Hall–Kier alpha value is -4.03. The van der Waals surface area contributed by atoms with Crippen LogP contribution in [0.25, 0.3) is 11.0 Å². The molecule has 3 aromatic rings. The van der Waals surface area contributed by atoms with Gasteiger partial charge in [-0.15, -0.1) is 0 Å². The molecule has 0 saturated carbocycles. The molecule has 2 aromatic carbocycles. The maximum absolute atomic E-state index is 14.2. The van der Waals surface area contributed by atoms with E-state index in [0.29, 0.717) is 67.7 Å². The number of aromatic nitrogens is 2. The number of H-pyrrole nitrogens is 1. The van der Waals surface area contributed by atoms with Gasteiger partial charge in [0, 0.05) is 64.0 Å². The Morgan fingerprint density at radius 1 is 0.917 bits per heavy atom. The largest absolute Gasteiger partial charge is 0.341 e. The quantitative estimate of drug-likeness (QED) is 0.362. The van der Waals surface area contributed by atoms with Crippen molar-refractivity contribution in [1.82, 2.24) is 34.5 Å². The predicted molar refractivity (Wildman–Crippen MR) is 185 cm³/mol. The van der Waals surface area contributed by atoms with E-state index in [2.05, 4.69) is 20.5 Å². The highest BCUT2D eigenvalue weighted by molar-refractivity contribution is 6.35. The highest BCUT2D eigenvalue weighted by Gasteiger charge is 2.36. The topological polar surface area (TPSA) is 126 Å². The van der Waals surface area contributed by atoms with Crippen LogP contribution in [0.4, 0.5) is 15.3 Å². The van der Waals surface area contributed by atoms with Gasteiger partial charge in [0.15, 0.2) is 0 Å². The maximum atomic E-state index is 14.2. The lowest BCUT2D eigenvalue weighted by molar-refractivity contribution is -0.134. The molecule has 0 radical (unpaired) electrons. The molecule has 0 spiro atoms. The molecule has 4 aliphatic heterocycles. The Morgan fingerprint density at radius 2 is 1.60 bits per heavy atom. The van der Waals surface area contributed by atoms with Crippen molar-refractivity contribution in [3.63, 3.8) is 0 Å². The van der Waals surface area contributed by atoms with Crippen molar-refractivity contribution in [1.29, 1.82) is 0 Å². The Balaban J connectivity index is 1.03. The Labute approximate surface area is 285 Å². The number of nitrogens with one attached hydrogen (secondary N) is 3. The normalized spacial score (nSPS) is 20.5. The zero-order valence-electron chi connectivity index (χ0n) is 27.5. The summed E-state index contributed by atoms with van der Waals surface area (Å²) < 4.78 is 1.50. The zero-order chi connectivity index (χ0) is 33.4. The number of aromatic amines is 1. The lowest BCUT2D eigenvalue weighted by Crippen LogP contribution is -2.57. The highest BCUT2D eigenvalue weighted by Crippen LogP contribution is 2.29. The molecule has 4 aliphatic rings. The summed E-state index contributed by atoms with van der Waals surface area (Å²) in [5.74, 6) is -0.0989. The average Bonchev–Trinajstić information content (AvgIpc) is 3.40. The molecule has 1 unspecified atom stereocenters. The molecule has 0 aliphatic carbocycles. The fraction of sp³-hybridized carbons (Fsp3) is 0.543. The van der Waals surface area contributed by atoms with Crippen LogP contribution >= 0.6 is 11.6 Å². The number of aryl methyl sites for hydroxylation is 1. The number of urea groups is 2. The van der Waals surface area contributed by atoms with Gasteiger partial charge in [-0.2, -0.15) is 0 Å². The van der Waals surface area contributed by atoms with Crippen LogP contribution in [0.3, 0.4) is 0 Å². The number of piperidine rings is 3. The fourth-order valence-electron chi connectivity index (χ4n) is 7.98. The van der Waals surface area contributed by atoms with Gasteiger partial charge in [-0.05, 0) is 80.9 Å². The molecule has 0 bridgehead atoms. The van der Waals surface area contributed by atoms with E-state index in [1.54, 1.807) is 18.0 Å². The number of fused-ring (bicyclic) bond motifs is 2. The van der Waals surface area contributed by atoms with Gasteiger partial charge in [0.2, 0.25) is 5.91 Å². The number of hydrogen-bond donors (Lipinski definition) is 3. The van der Waals surface area contributed by atoms with Crippen LogP contribution in [-0.4, -0.2) is 105 Å². The number of rotatable bonds is 6. The summed E-state index contributed by atoms with van der Waals surface area (Å²) in [4.78, 5) is 64.0. The van der Waals surface area contributed by atoms with E-state index in [-0.39, 0.29) is 36.1 Å². The van der Waals surface area contributed by atoms with Gasteiger partial charge in [0.1, 0.15) is 6.04 Å². The number of nitrogens with zero attached hydrogens (tertiary/aromatic N) is 5. The molecule has 1 aromatic heterocycles. The van der Waals surface area contributed by atoms with Gasteiger partial charge in [0.25, 0.3) is 0 Å². The van der Waals surface area contributed by atoms with E-state index >= 15 is 0 Å². The van der Waals surface area contributed by atoms with Crippen molar-refractivity contribution in [2.45, 2.75) is 76.0 Å². The monoisotopic (exact) mass is 676 g/mol. The van der Waals surface area contributed by atoms with Crippen LogP contribution in [0.5, 0.6) is 0 Å². The first-order valence-electron chi connectivity index (χ1n) is 17.4. The lowest BCUT2D eigenvalue weighted by atomic mass is 9.98. The summed E-state index contributed by atoms with van der Waals surface area (Å²) in [6.07, 6.45) is 7.18. The van der Waals surface area contributed by atoms with Crippen LogP contribution in [0.15, 0.2) is 41.2 Å². The SMILES string of the molecule is Cn1c(=O)[nH]c2c(Cl)cc(CC(NC(=O)N3CCC(N4Cc5ccccc5NC4=O)CC3)C(=O)N3CCC(N4CCCCC4)CC3)cc21. The highest BCUT2D eigenvalue weighted by atomic mass is 35.5. The van der Waals surface area contributed by atoms with E-state index in [9.17, 15) is 19.2 Å². The molecule has 1 atom stereocenters. The summed E-state index contributed by atoms with van der Waals surface area (Å²) in [6.45, 7) is 5.09. The third kappa shape index (κ3) is 6.64.